The Morgan fingerprint density at radius 2 is 2.06 bits per heavy atom. The molecule has 3 atom stereocenters. The van der Waals surface area contributed by atoms with Gasteiger partial charge in [-0.15, -0.1) is 0 Å². The van der Waals surface area contributed by atoms with E-state index >= 15 is 0 Å². The molecule has 0 bridgehead atoms. The summed E-state index contributed by atoms with van der Waals surface area (Å²) in [6.45, 7) is 0. The third kappa shape index (κ3) is 2.16. The molecule has 2 aliphatic carbocycles. The zero-order valence-corrected chi connectivity index (χ0v) is 10.4. The number of fused-ring (bicyclic) bond motifs is 1. The molecule has 0 spiro atoms. The number of halogens is 2. The average molecular weight is 251 g/mol. The lowest BCUT2D eigenvalue weighted by molar-refractivity contribution is 0.00395. The Bertz CT molecular complexity index is 444. The maximum Gasteiger partial charge on any atom is 0.248 e. The van der Waals surface area contributed by atoms with E-state index in [1.54, 1.807) is 0 Å². The first-order valence-corrected chi connectivity index (χ1v) is 6.76. The van der Waals surface area contributed by atoms with Gasteiger partial charge in [-0.3, -0.25) is 0 Å². The largest absolute Gasteiger partial charge is 0.324 e. The molecule has 1 aromatic carbocycles. The van der Waals surface area contributed by atoms with Gasteiger partial charge in [0.05, 0.1) is 0 Å². The van der Waals surface area contributed by atoms with E-state index in [2.05, 4.69) is 12.1 Å². The second-order valence-corrected chi connectivity index (χ2v) is 5.89. The van der Waals surface area contributed by atoms with Gasteiger partial charge >= 0.3 is 0 Å². The van der Waals surface area contributed by atoms with Crippen molar-refractivity contribution in [3.8, 4) is 0 Å². The maximum absolute atomic E-state index is 13.2. The Labute approximate surface area is 106 Å². The van der Waals surface area contributed by atoms with Crippen molar-refractivity contribution >= 4 is 0 Å². The first-order chi connectivity index (χ1) is 8.55. The number of hydrogen-bond acceptors (Lipinski definition) is 1. The predicted octanol–water partition coefficient (Wildman–Crippen LogP) is 3.68. The number of rotatable bonds is 2. The molecule has 0 radical (unpaired) electrons. The minimum atomic E-state index is -2.43. The third-order valence-corrected chi connectivity index (χ3v) is 4.55. The van der Waals surface area contributed by atoms with Gasteiger partial charge in [0.1, 0.15) is 0 Å². The third-order valence-electron chi connectivity index (χ3n) is 4.55. The highest BCUT2D eigenvalue weighted by Crippen LogP contribution is 2.45. The van der Waals surface area contributed by atoms with Crippen LogP contribution in [-0.4, -0.2) is 5.92 Å². The molecule has 18 heavy (non-hydrogen) atoms. The highest BCUT2D eigenvalue weighted by atomic mass is 19.3. The molecule has 0 amide bonds. The van der Waals surface area contributed by atoms with Crippen LogP contribution in [0.15, 0.2) is 24.3 Å². The van der Waals surface area contributed by atoms with Crippen LogP contribution < -0.4 is 5.73 Å². The SMILES string of the molecule is NC1c2ccccc2CC1CC1CCC(F)(F)C1. The fourth-order valence-electron chi connectivity index (χ4n) is 3.61. The van der Waals surface area contributed by atoms with Crippen LogP contribution in [0.2, 0.25) is 0 Å². The molecule has 0 aromatic heterocycles. The normalized spacial score (nSPS) is 33.6. The highest BCUT2D eigenvalue weighted by molar-refractivity contribution is 5.35. The van der Waals surface area contributed by atoms with Gasteiger partial charge in [-0.25, -0.2) is 8.78 Å². The van der Waals surface area contributed by atoms with Crippen LogP contribution >= 0.6 is 0 Å². The number of alkyl halides is 2. The van der Waals surface area contributed by atoms with E-state index in [4.69, 9.17) is 5.73 Å². The average Bonchev–Trinajstić information content (AvgIpc) is 2.82. The van der Waals surface area contributed by atoms with Gasteiger partial charge in [0, 0.05) is 18.9 Å². The summed E-state index contributed by atoms with van der Waals surface area (Å²) in [5, 5.41) is 0. The summed E-state index contributed by atoms with van der Waals surface area (Å²) in [6, 6.07) is 8.25. The highest BCUT2D eigenvalue weighted by Gasteiger charge is 2.41. The van der Waals surface area contributed by atoms with E-state index in [-0.39, 0.29) is 24.8 Å². The first kappa shape index (κ1) is 12.1. The Balaban J connectivity index is 1.67. The quantitative estimate of drug-likeness (QED) is 0.852. The maximum atomic E-state index is 13.2. The molecule has 1 saturated carbocycles. The van der Waals surface area contributed by atoms with E-state index in [0.29, 0.717) is 12.3 Å². The summed E-state index contributed by atoms with van der Waals surface area (Å²) in [4.78, 5) is 0. The molecular formula is C15H19F2N. The summed E-state index contributed by atoms with van der Waals surface area (Å²) in [7, 11) is 0. The Morgan fingerprint density at radius 1 is 1.28 bits per heavy atom. The van der Waals surface area contributed by atoms with Gasteiger partial charge in [-0.2, -0.15) is 0 Å². The molecule has 0 heterocycles. The molecule has 0 saturated heterocycles. The van der Waals surface area contributed by atoms with Crippen LogP contribution in [0.4, 0.5) is 8.78 Å². The van der Waals surface area contributed by atoms with Gasteiger partial charge in [-0.1, -0.05) is 24.3 Å². The molecule has 3 unspecified atom stereocenters. The Morgan fingerprint density at radius 3 is 2.72 bits per heavy atom. The van der Waals surface area contributed by atoms with Crippen molar-refractivity contribution in [3.63, 3.8) is 0 Å². The zero-order valence-electron chi connectivity index (χ0n) is 10.4. The van der Waals surface area contributed by atoms with E-state index in [0.717, 1.165) is 12.8 Å². The van der Waals surface area contributed by atoms with E-state index in [1.165, 1.54) is 11.1 Å². The minimum Gasteiger partial charge on any atom is -0.324 e. The Kier molecular flexibility index (Phi) is 2.89. The van der Waals surface area contributed by atoms with Crippen LogP contribution in [0, 0.1) is 11.8 Å². The topological polar surface area (TPSA) is 26.0 Å². The summed E-state index contributed by atoms with van der Waals surface area (Å²) < 4.78 is 26.4. The van der Waals surface area contributed by atoms with Crippen LogP contribution in [-0.2, 0) is 6.42 Å². The summed E-state index contributed by atoms with van der Waals surface area (Å²) in [5.74, 6) is -1.92. The lowest BCUT2D eigenvalue weighted by Crippen LogP contribution is -2.20. The van der Waals surface area contributed by atoms with Gasteiger partial charge in [0.15, 0.2) is 0 Å². The van der Waals surface area contributed by atoms with Crippen LogP contribution in [0.1, 0.15) is 42.9 Å². The predicted molar refractivity (Wildman–Crippen MR) is 67.5 cm³/mol. The molecule has 98 valence electrons. The summed E-state index contributed by atoms with van der Waals surface area (Å²) in [6.07, 6.45) is 2.59. The fraction of sp³-hybridized carbons (Fsp3) is 0.600. The summed E-state index contributed by atoms with van der Waals surface area (Å²) >= 11 is 0. The number of benzene rings is 1. The molecule has 1 fully saturated rings. The second-order valence-electron chi connectivity index (χ2n) is 5.89. The molecule has 1 nitrogen and oxygen atoms in total. The van der Waals surface area contributed by atoms with Gasteiger partial charge in [-0.05, 0) is 42.2 Å². The number of hydrogen-bond donors (Lipinski definition) is 1. The molecule has 3 rings (SSSR count). The lowest BCUT2D eigenvalue weighted by Gasteiger charge is -2.20. The molecular weight excluding hydrogens is 232 g/mol. The monoisotopic (exact) mass is 251 g/mol. The van der Waals surface area contributed by atoms with Crippen molar-refractivity contribution in [2.24, 2.45) is 17.6 Å². The van der Waals surface area contributed by atoms with Crippen LogP contribution in [0.5, 0.6) is 0 Å². The van der Waals surface area contributed by atoms with Crippen molar-refractivity contribution in [2.45, 2.75) is 44.1 Å². The van der Waals surface area contributed by atoms with Crippen molar-refractivity contribution in [2.75, 3.05) is 0 Å². The molecule has 0 aliphatic heterocycles. The van der Waals surface area contributed by atoms with Gasteiger partial charge < -0.3 is 5.73 Å². The summed E-state index contributed by atoms with van der Waals surface area (Å²) in [5.41, 5.74) is 8.77. The standard InChI is InChI=1S/C15H19F2N/c16-15(17)6-5-10(9-15)7-12-8-11-3-1-2-4-13(11)14(12)18/h1-4,10,12,14H,5-9,18H2. The van der Waals surface area contributed by atoms with Crippen molar-refractivity contribution in [1.82, 2.24) is 0 Å². The van der Waals surface area contributed by atoms with Crippen molar-refractivity contribution in [1.29, 1.82) is 0 Å². The van der Waals surface area contributed by atoms with E-state index in [9.17, 15) is 8.78 Å². The van der Waals surface area contributed by atoms with Gasteiger partial charge in [0.25, 0.3) is 0 Å². The van der Waals surface area contributed by atoms with E-state index in [1.807, 2.05) is 12.1 Å². The molecule has 2 N–H and O–H groups in total. The Hall–Kier alpha value is -0.960. The lowest BCUT2D eigenvalue weighted by atomic mass is 9.89. The van der Waals surface area contributed by atoms with Crippen molar-refractivity contribution < 1.29 is 8.78 Å². The van der Waals surface area contributed by atoms with Gasteiger partial charge in [0.2, 0.25) is 5.92 Å². The minimum absolute atomic E-state index is 0.0374. The molecule has 1 aromatic rings. The van der Waals surface area contributed by atoms with Crippen LogP contribution in [0.3, 0.4) is 0 Å². The van der Waals surface area contributed by atoms with Crippen LogP contribution in [0.25, 0.3) is 0 Å². The second kappa shape index (κ2) is 4.30. The zero-order chi connectivity index (χ0) is 12.8. The fourth-order valence-corrected chi connectivity index (χ4v) is 3.61. The van der Waals surface area contributed by atoms with E-state index < -0.39 is 5.92 Å². The first-order valence-electron chi connectivity index (χ1n) is 6.76. The number of nitrogens with two attached hydrogens (primary N) is 1. The molecule has 2 aliphatic rings. The van der Waals surface area contributed by atoms with Crippen molar-refractivity contribution in [3.05, 3.63) is 35.4 Å². The smallest absolute Gasteiger partial charge is 0.248 e. The molecule has 3 heteroatoms.